The first kappa shape index (κ1) is 28.7. The number of methoxy groups -OCH3 is 1. The lowest BCUT2D eigenvalue weighted by molar-refractivity contribution is 0.0368. The van der Waals surface area contributed by atoms with E-state index in [9.17, 15) is 0 Å². The van der Waals surface area contributed by atoms with Gasteiger partial charge in [-0.15, -0.1) is 0 Å². The molecule has 0 unspecified atom stereocenters. The summed E-state index contributed by atoms with van der Waals surface area (Å²) in [5.74, 6) is 2.82. The smallest absolute Gasteiger partial charge is 0.163 e. The van der Waals surface area contributed by atoms with Crippen molar-refractivity contribution in [3.63, 3.8) is 0 Å². The molecule has 1 aliphatic heterocycles. The minimum atomic E-state index is 0.135. The summed E-state index contributed by atoms with van der Waals surface area (Å²) in [6, 6.07) is 22.3. The highest BCUT2D eigenvalue weighted by Crippen LogP contribution is 2.37. The number of fused-ring (bicyclic) bond motifs is 1. The monoisotopic (exact) mass is 555 g/mol. The van der Waals surface area contributed by atoms with Crippen LogP contribution in [0.3, 0.4) is 0 Å². The van der Waals surface area contributed by atoms with Gasteiger partial charge >= 0.3 is 0 Å². The molecule has 0 saturated carbocycles. The third-order valence-corrected chi connectivity index (χ3v) is 7.34. The van der Waals surface area contributed by atoms with E-state index >= 15 is 0 Å². The normalized spacial score (nSPS) is 14.1. The Morgan fingerprint density at radius 3 is 2.24 bits per heavy atom. The number of rotatable bonds is 11. The van der Waals surface area contributed by atoms with Crippen molar-refractivity contribution in [2.45, 2.75) is 39.0 Å². The van der Waals surface area contributed by atoms with Crippen molar-refractivity contribution in [2.75, 3.05) is 51.9 Å². The fourth-order valence-electron chi connectivity index (χ4n) is 4.89. The number of nitrogens with one attached hydrogen (secondary N) is 1. The number of aromatic nitrogens is 1. The number of pyridine rings is 1. The van der Waals surface area contributed by atoms with Gasteiger partial charge < -0.3 is 24.3 Å². The van der Waals surface area contributed by atoms with E-state index in [1.54, 1.807) is 13.3 Å². The van der Waals surface area contributed by atoms with Crippen LogP contribution in [0, 0.1) is 0 Å². The molecule has 7 nitrogen and oxygen atoms in total. The molecular weight excluding hydrogens is 514 g/mol. The lowest BCUT2D eigenvalue weighted by Crippen LogP contribution is -2.36. The van der Waals surface area contributed by atoms with Gasteiger partial charge in [0.15, 0.2) is 11.5 Å². The van der Waals surface area contributed by atoms with Gasteiger partial charge in [0.1, 0.15) is 11.5 Å². The molecule has 0 aliphatic carbocycles. The van der Waals surface area contributed by atoms with E-state index < -0.39 is 0 Å². The van der Waals surface area contributed by atoms with Gasteiger partial charge in [0, 0.05) is 42.1 Å². The Hall–Kier alpha value is -3.81. The SMILES string of the molecule is COc1cc2c(Oc3ccc(Nc4ccc(C(C)(C)C)cc4)cc3)ccnc2cc1OCCCCN1CCOCC1. The molecule has 5 rings (SSSR count). The molecule has 216 valence electrons. The molecule has 7 heteroatoms. The molecule has 0 bridgehead atoms. The second kappa shape index (κ2) is 13.2. The summed E-state index contributed by atoms with van der Waals surface area (Å²) in [5.41, 5.74) is 4.29. The van der Waals surface area contributed by atoms with Crippen LogP contribution in [0.15, 0.2) is 72.9 Å². The molecular formula is C34H41N3O4. The lowest BCUT2D eigenvalue weighted by Gasteiger charge is -2.26. The number of morpholine rings is 1. The average Bonchev–Trinajstić information content (AvgIpc) is 2.98. The van der Waals surface area contributed by atoms with Crippen LogP contribution in [0.4, 0.5) is 11.4 Å². The van der Waals surface area contributed by atoms with Crippen LogP contribution in [-0.4, -0.2) is 56.4 Å². The zero-order valence-corrected chi connectivity index (χ0v) is 24.6. The molecule has 4 aromatic rings. The predicted octanol–water partition coefficient (Wildman–Crippen LogP) is 7.57. The van der Waals surface area contributed by atoms with Crippen molar-refractivity contribution in [3.8, 4) is 23.0 Å². The number of anilines is 2. The molecule has 1 saturated heterocycles. The summed E-state index contributed by atoms with van der Waals surface area (Å²) in [6.45, 7) is 12.1. The van der Waals surface area contributed by atoms with Crippen LogP contribution < -0.4 is 19.5 Å². The molecule has 1 aromatic heterocycles. The number of hydrogen-bond donors (Lipinski definition) is 1. The highest BCUT2D eigenvalue weighted by atomic mass is 16.5. The minimum absolute atomic E-state index is 0.135. The van der Waals surface area contributed by atoms with Gasteiger partial charge in [-0.05, 0) is 78.9 Å². The van der Waals surface area contributed by atoms with Crippen LogP contribution >= 0.6 is 0 Å². The summed E-state index contributed by atoms with van der Waals surface area (Å²) < 4.78 is 23.5. The number of ether oxygens (including phenoxy) is 4. The Balaban J connectivity index is 1.20. The topological polar surface area (TPSA) is 65.1 Å². The van der Waals surface area contributed by atoms with Crippen molar-refractivity contribution in [1.82, 2.24) is 9.88 Å². The van der Waals surface area contributed by atoms with Crippen molar-refractivity contribution in [1.29, 1.82) is 0 Å². The van der Waals surface area contributed by atoms with Crippen LogP contribution in [-0.2, 0) is 10.2 Å². The van der Waals surface area contributed by atoms with E-state index in [2.05, 4.69) is 60.2 Å². The summed E-state index contributed by atoms with van der Waals surface area (Å²) >= 11 is 0. The molecule has 0 atom stereocenters. The highest BCUT2D eigenvalue weighted by molar-refractivity contribution is 5.88. The summed E-state index contributed by atoms with van der Waals surface area (Å²) in [6.07, 6.45) is 3.82. The van der Waals surface area contributed by atoms with Crippen LogP contribution in [0.1, 0.15) is 39.2 Å². The second-order valence-corrected chi connectivity index (χ2v) is 11.4. The second-order valence-electron chi connectivity index (χ2n) is 11.4. The molecule has 2 heterocycles. The standard InChI is InChI=1S/C34H41N3O4/c1-34(2,3)25-7-9-26(10-8-25)36-27-11-13-28(14-12-27)41-31-15-16-35-30-24-33(32(38-4)23-29(30)31)40-20-6-5-17-37-18-21-39-22-19-37/h7-16,23-24,36H,5-6,17-22H2,1-4H3. The van der Waals surface area contributed by atoms with Gasteiger partial charge in [-0.2, -0.15) is 0 Å². The third-order valence-electron chi connectivity index (χ3n) is 7.34. The Morgan fingerprint density at radius 2 is 1.56 bits per heavy atom. The molecule has 3 aromatic carbocycles. The van der Waals surface area contributed by atoms with Crippen LogP contribution in [0.5, 0.6) is 23.0 Å². The Morgan fingerprint density at radius 1 is 0.854 bits per heavy atom. The van der Waals surface area contributed by atoms with Crippen molar-refractivity contribution in [3.05, 3.63) is 78.5 Å². The molecule has 0 radical (unpaired) electrons. The number of nitrogens with zero attached hydrogens (tertiary/aromatic N) is 2. The van der Waals surface area contributed by atoms with Crippen LogP contribution in [0.25, 0.3) is 10.9 Å². The predicted molar refractivity (Wildman–Crippen MR) is 165 cm³/mol. The first-order valence-corrected chi connectivity index (χ1v) is 14.4. The summed E-state index contributed by atoms with van der Waals surface area (Å²) in [4.78, 5) is 7.01. The van der Waals surface area contributed by atoms with Crippen molar-refractivity contribution in [2.24, 2.45) is 0 Å². The number of hydrogen-bond acceptors (Lipinski definition) is 7. The molecule has 41 heavy (non-hydrogen) atoms. The quantitative estimate of drug-likeness (QED) is 0.192. The van der Waals surface area contributed by atoms with Gasteiger partial charge in [-0.3, -0.25) is 9.88 Å². The summed E-state index contributed by atoms with van der Waals surface area (Å²) in [5, 5.41) is 4.33. The molecule has 1 aliphatic rings. The van der Waals surface area contributed by atoms with E-state index in [1.165, 1.54) is 5.56 Å². The Labute approximate surface area is 243 Å². The maximum atomic E-state index is 6.28. The van der Waals surface area contributed by atoms with E-state index in [1.807, 2.05) is 42.5 Å². The molecule has 0 amide bonds. The summed E-state index contributed by atoms with van der Waals surface area (Å²) in [7, 11) is 1.66. The first-order valence-electron chi connectivity index (χ1n) is 14.4. The molecule has 1 N–H and O–H groups in total. The van der Waals surface area contributed by atoms with Gasteiger partial charge in [-0.1, -0.05) is 32.9 Å². The van der Waals surface area contributed by atoms with E-state index in [4.69, 9.17) is 18.9 Å². The average molecular weight is 556 g/mol. The van der Waals surface area contributed by atoms with Gasteiger partial charge in [0.25, 0.3) is 0 Å². The zero-order chi connectivity index (χ0) is 28.7. The van der Waals surface area contributed by atoms with Crippen molar-refractivity contribution < 1.29 is 18.9 Å². The first-order chi connectivity index (χ1) is 19.9. The van der Waals surface area contributed by atoms with E-state index in [-0.39, 0.29) is 5.41 Å². The Kier molecular flexibility index (Phi) is 9.27. The maximum Gasteiger partial charge on any atom is 0.163 e. The highest BCUT2D eigenvalue weighted by Gasteiger charge is 2.14. The lowest BCUT2D eigenvalue weighted by atomic mass is 9.87. The van der Waals surface area contributed by atoms with Gasteiger partial charge in [-0.25, -0.2) is 0 Å². The number of benzene rings is 3. The van der Waals surface area contributed by atoms with Crippen LogP contribution in [0.2, 0.25) is 0 Å². The van der Waals surface area contributed by atoms with Gasteiger partial charge in [0.05, 0.1) is 32.4 Å². The van der Waals surface area contributed by atoms with Gasteiger partial charge in [0.2, 0.25) is 0 Å². The zero-order valence-electron chi connectivity index (χ0n) is 24.6. The third kappa shape index (κ3) is 7.69. The van der Waals surface area contributed by atoms with E-state index in [0.29, 0.717) is 23.9 Å². The fourth-order valence-corrected chi connectivity index (χ4v) is 4.89. The largest absolute Gasteiger partial charge is 0.493 e. The van der Waals surface area contributed by atoms with E-state index in [0.717, 1.165) is 73.7 Å². The van der Waals surface area contributed by atoms with Crippen molar-refractivity contribution >= 4 is 22.3 Å². The molecule has 0 spiro atoms. The molecule has 1 fully saturated rings. The maximum absolute atomic E-state index is 6.28. The fraction of sp³-hybridized carbons (Fsp3) is 0.382. The number of unbranched alkanes of at least 4 members (excludes halogenated alkanes) is 1. The Bertz CT molecular complexity index is 1410. The minimum Gasteiger partial charge on any atom is -0.493 e.